The lowest BCUT2D eigenvalue weighted by atomic mass is 10.1. The summed E-state index contributed by atoms with van der Waals surface area (Å²) in [6, 6.07) is 8.54. The van der Waals surface area contributed by atoms with Gasteiger partial charge in [0, 0.05) is 11.1 Å². The average Bonchev–Trinajstić information content (AvgIpc) is 3.05. The number of thioether (sulfide) groups is 1. The van der Waals surface area contributed by atoms with E-state index in [4.69, 9.17) is 0 Å². The van der Waals surface area contributed by atoms with E-state index in [-0.39, 0.29) is 11.3 Å². The maximum atomic E-state index is 12.2. The molecule has 104 valence electrons. The third-order valence-electron chi connectivity index (χ3n) is 3.36. The van der Waals surface area contributed by atoms with Crippen molar-refractivity contribution in [1.29, 1.82) is 0 Å². The number of benzene rings is 1. The molecule has 1 amide bonds. The van der Waals surface area contributed by atoms with Crippen LogP contribution in [0.25, 0.3) is 0 Å². The van der Waals surface area contributed by atoms with Crippen molar-refractivity contribution in [3.63, 3.8) is 0 Å². The fourth-order valence-electron chi connectivity index (χ4n) is 2.25. The Morgan fingerprint density at radius 2 is 2.10 bits per heavy atom. The van der Waals surface area contributed by atoms with Gasteiger partial charge in [0.2, 0.25) is 5.91 Å². The van der Waals surface area contributed by atoms with Crippen LogP contribution in [-0.2, 0) is 11.2 Å². The second kappa shape index (κ2) is 5.58. The third-order valence-corrected chi connectivity index (χ3v) is 5.48. The van der Waals surface area contributed by atoms with Crippen molar-refractivity contribution >= 4 is 34.1 Å². The Morgan fingerprint density at radius 1 is 1.35 bits per heavy atom. The first kappa shape index (κ1) is 13.6. The molecule has 0 radical (unpaired) electrons. The zero-order valence-electron chi connectivity index (χ0n) is 11.5. The Hall–Kier alpha value is -1.33. The highest BCUT2D eigenvalue weighted by Gasteiger charge is 2.35. The summed E-state index contributed by atoms with van der Waals surface area (Å²) in [6.45, 7) is 4.16. The van der Waals surface area contributed by atoms with Gasteiger partial charge in [-0.2, -0.15) is 0 Å². The second-order valence-electron chi connectivity index (χ2n) is 4.78. The van der Waals surface area contributed by atoms with Gasteiger partial charge in [0.05, 0.1) is 5.75 Å². The minimum atomic E-state index is 0.0546. The molecule has 0 N–H and O–H groups in total. The fraction of sp³-hybridized carbons (Fsp3) is 0.333. The first-order valence-electron chi connectivity index (χ1n) is 6.64. The van der Waals surface area contributed by atoms with E-state index in [1.807, 2.05) is 18.0 Å². The largest absolute Gasteiger partial charge is 0.273 e. The van der Waals surface area contributed by atoms with E-state index in [0.717, 1.165) is 16.4 Å². The molecule has 1 aliphatic heterocycles. The molecule has 0 bridgehead atoms. The van der Waals surface area contributed by atoms with Crippen LogP contribution in [0.4, 0.5) is 5.13 Å². The topological polar surface area (TPSA) is 33.2 Å². The lowest BCUT2D eigenvalue weighted by Crippen LogP contribution is -2.27. The van der Waals surface area contributed by atoms with Crippen LogP contribution >= 0.6 is 23.1 Å². The van der Waals surface area contributed by atoms with Crippen LogP contribution in [0, 0.1) is 6.92 Å². The summed E-state index contributed by atoms with van der Waals surface area (Å²) in [4.78, 5) is 19.5. The number of aromatic nitrogens is 1. The number of amides is 1. The van der Waals surface area contributed by atoms with Crippen molar-refractivity contribution in [1.82, 2.24) is 4.98 Å². The van der Waals surface area contributed by atoms with E-state index in [1.54, 1.807) is 23.1 Å². The average molecular weight is 304 g/mol. The predicted molar refractivity (Wildman–Crippen MR) is 85.4 cm³/mol. The molecule has 1 aromatic heterocycles. The number of anilines is 1. The highest BCUT2D eigenvalue weighted by molar-refractivity contribution is 8.00. The van der Waals surface area contributed by atoms with E-state index in [1.165, 1.54) is 11.1 Å². The van der Waals surface area contributed by atoms with Crippen LogP contribution in [0.15, 0.2) is 30.5 Å². The molecule has 1 aliphatic rings. The molecule has 1 aromatic carbocycles. The quantitative estimate of drug-likeness (QED) is 0.865. The highest BCUT2D eigenvalue weighted by atomic mass is 32.2. The first-order valence-corrected chi connectivity index (χ1v) is 8.50. The van der Waals surface area contributed by atoms with Gasteiger partial charge in [-0.15, -0.1) is 23.1 Å². The molecule has 0 spiro atoms. The molecule has 3 nitrogen and oxygen atoms in total. The van der Waals surface area contributed by atoms with Gasteiger partial charge in [-0.05, 0) is 24.5 Å². The van der Waals surface area contributed by atoms with Gasteiger partial charge in [0.1, 0.15) is 5.37 Å². The summed E-state index contributed by atoms with van der Waals surface area (Å²) in [5.41, 5.74) is 2.49. The number of carbonyl (C=O) groups is 1. The third kappa shape index (κ3) is 2.47. The molecule has 0 saturated carbocycles. The number of carbonyl (C=O) groups excluding carboxylic acids is 1. The molecule has 0 aliphatic carbocycles. The van der Waals surface area contributed by atoms with Crippen molar-refractivity contribution in [2.24, 2.45) is 0 Å². The molecule has 0 unspecified atom stereocenters. The van der Waals surface area contributed by atoms with Crippen molar-refractivity contribution in [3.05, 3.63) is 46.5 Å². The Kier molecular flexibility index (Phi) is 3.81. The van der Waals surface area contributed by atoms with Gasteiger partial charge < -0.3 is 0 Å². The zero-order valence-corrected chi connectivity index (χ0v) is 13.1. The first-order chi connectivity index (χ1) is 9.69. The summed E-state index contributed by atoms with van der Waals surface area (Å²) in [5.74, 6) is 0.674. The van der Waals surface area contributed by atoms with Gasteiger partial charge in [-0.1, -0.05) is 31.2 Å². The molecular weight excluding hydrogens is 288 g/mol. The van der Waals surface area contributed by atoms with Crippen LogP contribution in [0.2, 0.25) is 0 Å². The van der Waals surface area contributed by atoms with E-state index < -0.39 is 0 Å². The second-order valence-corrected chi connectivity index (χ2v) is 7.06. The molecular formula is C15H16N2OS2. The standard InChI is InChI=1S/C15H16N2OS2/c1-3-11-4-6-12(7-5-11)14-17(13(18)9-19-14)15-16-8-10(2)20-15/h4-8,14H,3,9H2,1-2H3/t14-/m0/s1. The summed E-state index contributed by atoms with van der Waals surface area (Å²) >= 11 is 3.25. The minimum Gasteiger partial charge on any atom is -0.273 e. The van der Waals surface area contributed by atoms with Crippen LogP contribution in [-0.4, -0.2) is 16.6 Å². The van der Waals surface area contributed by atoms with E-state index in [2.05, 4.69) is 36.2 Å². The van der Waals surface area contributed by atoms with Crippen LogP contribution in [0.3, 0.4) is 0 Å². The summed E-state index contributed by atoms with van der Waals surface area (Å²) in [7, 11) is 0. The molecule has 20 heavy (non-hydrogen) atoms. The van der Waals surface area contributed by atoms with Gasteiger partial charge in [-0.25, -0.2) is 4.98 Å². The Morgan fingerprint density at radius 3 is 2.70 bits per heavy atom. The molecule has 3 rings (SSSR count). The normalized spacial score (nSPS) is 18.8. The SMILES string of the molecule is CCc1ccc([C@@H]2SCC(=O)N2c2ncc(C)s2)cc1. The van der Waals surface area contributed by atoms with Crippen LogP contribution < -0.4 is 4.90 Å². The summed E-state index contributed by atoms with van der Waals surface area (Å²) in [5, 5.41) is 0.862. The smallest absolute Gasteiger partial charge is 0.240 e. The molecule has 5 heteroatoms. The molecule has 1 fully saturated rings. The molecule has 2 heterocycles. The lowest BCUT2D eigenvalue weighted by Gasteiger charge is -2.21. The van der Waals surface area contributed by atoms with Gasteiger partial charge in [0.25, 0.3) is 0 Å². The number of hydrogen-bond donors (Lipinski definition) is 0. The number of thiazole rings is 1. The number of rotatable bonds is 3. The van der Waals surface area contributed by atoms with Crippen molar-refractivity contribution in [2.75, 3.05) is 10.7 Å². The number of aryl methyl sites for hydroxylation is 2. The molecule has 1 atom stereocenters. The molecule has 1 saturated heterocycles. The van der Waals surface area contributed by atoms with E-state index in [0.29, 0.717) is 5.75 Å². The fourth-order valence-corrected chi connectivity index (χ4v) is 4.28. The zero-order chi connectivity index (χ0) is 14.1. The van der Waals surface area contributed by atoms with Crippen molar-refractivity contribution < 1.29 is 4.79 Å². The van der Waals surface area contributed by atoms with Crippen LogP contribution in [0.5, 0.6) is 0 Å². The van der Waals surface area contributed by atoms with Gasteiger partial charge in [-0.3, -0.25) is 9.69 Å². The van der Waals surface area contributed by atoms with Gasteiger partial charge in [0.15, 0.2) is 5.13 Å². The highest BCUT2D eigenvalue weighted by Crippen LogP contribution is 2.42. The minimum absolute atomic E-state index is 0.0546. The number of hydrogen-bond acceptors (Lipinski definition) is 4. The Bertz CT molecular complexity index is 621. The monoisotopic (exact) mass is 304 g/mol. The predicted octanol–water partition coefficient (Wildman–Crippen LogP) is 3.79. The maximum Gasteiger partial charge on any atom is 0.240 e. The van der Waals surface area contributed by atoms with E-state index >= 15 is 0 Å². The maximum absolute atomic E-state index is 12.2. The Labute approximate surface area is 127 Å². The number of nitrogens with zero attached hydrogens (tertiary/aromatic N) is 2. The van der Waals surface area contributed by atoms with Crippen LogP contribution in [0.1, 0.15) is 28.3 Å². The van der Waals surface area contributed by atoms with Gasteiger partial charge >= 0.3 is 0 Å². The molecule has 2 aromatic rings. The Balaban J connectivity index is 1.92. The summed E-state index contributed by atoms with van der Waals surface area (Å²) < 4.78 is 0. The summed E-state index contributed by atoms with van der Waals surface area (Å²) in [6.07, 6.45) is 2.86. The lowest BCUT2D eigenvalue weighted by molar-refractivity contribution is -0.115. The van der Waals surface area contributed by atoms with E-state index in [9.17, 15) is 4.79 Å². The van der Waals surface area contributed by atoms with Crippen molar-refractivity contribution in [2.45, 2.75) is 25.6 Å². The van der Waals surface area contributed by atoms with Crippen molar-refractivity contribution in [3.8, 4) is 0 Å².